The Morgan fingerprint density at radius 2 is 2.41 bits per heavy atom. The van der Waals surface area contributed by atoms with Crippen LogP contribution in [0.1, 0.15) is 5.56 Å². The van der Waals surface area contributed by atoms with Gasteiger partial charge in [-0.15, -0.1) is 0 Å². The van der Waals surface area contributed by atoms with Gasteiger partial charge in [0.2, 0.25) is 0 Å². The first-order valence-electron chi connectivity index (χ1n) is 6.96. The monoisotopic (exact) mass is 323 g/mol. The highest BCUT2D eigenvalue weighted by atomic mass is 35.5. The molecule has 0 spiro atoms. The number of rotatable bonds is 5. The third-order valence-corrected chi connectivity index (χ3v) is 3.79. The molecule has 6 nitrogen and oxygen atoms in total. The molecular formula is C15H18ClN3O3. The standard InChI is InChI=1S/C15H18ClN3O3/c1-18(10-14(20)21)8-12-9-19(5-6-22-12)15-11(7-17)3-2-4-13(15)16/h2-4,12H,5-6,8-10H2,1H3,(H,20,21). The SMILES string of the molecule is CN(CC(=O)O)CC1CN(c2c(Cl)cccc2C#N)CCO1. The molecule has 1 aliphatic rings. The highest BCUT2D eigenvalue weighted by molar-refractivity contribution is 6.33. The van der Waals surface area contributed by atoms with Gasteiger partial charge in [0.1, 0.15) is 6.07 Å². The summed E-state index contributed by atoms with van der Waals surface area (Å²) in [5, 5.41) is 18.6. The predicted molar refractivity (Wildman–Crippen MR) is 83.3 cm³/mol. The summed E-state index contributed by atoms with van der Waals surface area (Å²) in [5.41, 5.74) is 1.26. The second-order valence-corrected chi connectivity index (χ2v) is 5.68. The van der Waals surface area contributed by atoms with Crippen LogP contribution in [0.25, 0.3) is 0 Å². The maximum absolute atomic E-state index is 10.7. The van der Waals surface area contributed by atoms with Gasteiger partial charge in [-0.1, -0.05) is 17.7 Å². The number of hydrogen-bond donors (Lipinski definition) is 1. The number of ether oxygens (including phenoxy) is 1. The molecule has 0 bridgehead atoms. The number of para-hydroxylation sites is 1. The van der Waals surface area contributed by atoms with Gasteiger partial charge in [0, 0.05) is 19.6 Å². The number of nitrogens with zero attached hydrogens (tertiary/aromatic N) is 3. The van der Waals surface area contributed by atoms with E-state index >= 15 is 0 Å². The first-order valence-corrected chi connectivity index (χ1v) is 7.34. The van der Waals surface area contributed by atoms with Crippen LogP contribution >= 0.6 is 11.6 Å². The van der Waals surface area contributed by atoms with Crippen LogP contribution in [-0.4, -0.2) is 61.9 Å². The summed E-state index contributed by atoms with van der Waals surface area (Å²) in [6, 6.07) is 7.41. The number of halogens is 1. The molecule has 0 amide bonds. The highest BCUT2D eigenvalue weighted by Crippen LogP contribution is 2.30. The zero-order valence-corrected chi connectivity index (χ0v) is 13.1. The van der Waals surface area contributed by atoms with E-state index in [0.29, 0.717) is 36.8 Å². The van der Waals surface area contributed by atoms with Crippen LogP contribution in [0, 0.1) is 11.3 Å². The molecule has 1 aromatic carbocycles. The lowest BCUT2D eigenvalue weighted by Crippen LogP contribution is -2.48. The molecule has 0 aromatic heterocycles. The van der Waals surface area contributed by atoms with E-state index in [9.17, 15) is 10.1 Å². The van der Waals surface area contributed by atoms with Gasteiger partial charge in [-0.25, -0.2) is 0 Å². The second-order valence-electron chi connectivity index (χ2n) is 5.28. The Labute approximate surface area is 134 Å². The van der Waals surface area contributed by atoms with Crippen LogP contribution in [0.15, 0.2) is 18.2 Å². The maximum Gasteiger partial charge on any atom is 0.317 e. The molecule has 1 N–H and O–H groups in total. The van der Waals surface area contributed by atoms with E-state index in [4.69, 9.17) is 21.4 Å². The molecule has 0 saturated carbocycles. The zero-order chi connectivity index (χ0) is 16.1. The predicted octanol–water partition coefficient (Wildman–Crippen LogP) is 1.43. The van der Waals surface area contributed by atoms with E-state index in [1.54, 1.807) is 30.1 Å². The fourth-order valence-electron chi connectivity index (χ4n) is 2.60. The fourth-order valence-corrected chi connectivity index (χ4v) is 2.90. The van der Waals surface area contributed by atoms with E-state index in [1.807, 2.05) is 4.90 Å². The summed E-state index contributed by atoms with van der Waals surface area (Å²) in [6.07, 6.45) is -0.124. The fraction of sp³-hybridized carbons (Fsp3) is 0.467. The number of carboxylic acids is 1. The average molecular weight is 324 g/mol. The number of anilines is 1. The molecule has 1 saturated heterocycles. The van der Waals surface area contributed by atoms with E-state index in [0.717, 1.165) is 5.69 Å². The summed E-state index contributed by atoms with van der Waals surface area (Å²) >= 11 is 6.24. The quantitative estimate of drug-likeness (QED) is 0.883. The minimum absolute atomic E-state index is 0.0323. The number of nitriles is 1. The summed E-state index contributed by atoms with van der Waals surface area (Å²) in [4.78, 5) is 14.5. The number of benzene rings is 1. The second kappa shape index (κ2) is 7.45. The Kier molecular flexibility index (Phi) is 5.61. The van der Waals surface area contributed by atoms with Gasteiger partial charge in [0.15, 0.2) is 0 Å². The van der Waals surface area contributed by atoms with Crippen molar-refractivity contribution in [3.8, 4) is 6.07 Å². The number of likely N-dealkylation sites (N-methyl/N-ethyl adjacent to an activating group) is 1. The Bertz CT molecular complexity index is 588. The molecule has 1 aliphatic heterocycles. The molecular weight excluding hydrogens is 306 g/mol. The Morgan fingerprint density at radius 3 is 3.09 bits per heavy atom. The van der Waals surface area contributed by atoms with Gasteiger partial charge in [-0.3, -0.25) is 9.69 Å². The third kappa shape index (κ3) is 4.10. The third-order valence-electron chi connectivity index (χ3n) is 3.48. The van der Waals surface area contributed by atoms with Gasteiger partial charge in [0.25, 0.3) is 0 Å². The van der Waals surface area contributed by atoms with Gasteiger partial charge in [-0.05, 0) is 19.2 Å². The normalized spacial score (nSPS) is 18.3. The minimum Gasteiger partial charge on any atom is -0.480 e. The molecule has 118 valence electrons. The van der Waals surface area contributed by atoms with Gasteiger partial charge < -0.3 is 14.7 Å². The van der Waals surface area contributed by atoms with Crippen molar-refractivity contribution in [2.45, 2.75) is 6.10 Å². The van der Waals surface area contributed by atoms with Crippen molar-refractivity contribution in [2.24, 2.45) is 0 Å². The largest absolute Gasteiger partial charge is 0.480 e. The molecule has 1 heterocycles. The lowest BCUT2D eigenvalue weighted by atomic mass is 10.1. The molecule has 1 aromatic rings. The Hall–Kier alpha value is -1.81. The van der Waals surface area contributed by atoms with E-state index in [-0.39, 0.29) is 12.6 Å². The first-order chi connectivity index (χ1) is 10.5. The highest BCUT2D eigenvalue weighted by Gasteiger charge is 2.25. The Morgan fingerprint density at radius 1 is 1.64 bits per heavy atom. The summed E-state index contributed by atoms with van der Waals surface area (Å²) < 4.78 is 5.69. The van der Waals surface area contributed by atoms with Crippen LogP contribution in [-0.2, 0) is 9.53 Å². The summed E-state index contributed by atoms with van der Waals surface area (Å²) in [7, 11) is 1.74. The summed E-state index contributed by atoms with van der Waals surface area (Å²) in [6.45, 7) is 2.21. The van der Waals surface area contributed by atoms with Gasteiger partial charge in [0.05, 0.1) is 35.5 Å². The molecule has 1 atom stereocenters. The number of carbonyl (C=O) groups is 1. The van der Waals surface area contributed by atoms with E-state index < -0.39 is 5.97 Å². The molecule has 1 unspecified atom stereocenters. The molecule has 7 heteroatoms. The first kappa shape index (κ1) is 16.6. The number of morpholine rings is 1. The topological polar surface area (TPSA) is 76.8 Å². The van der Waals surface area contributed by atoms with E-state index in [2.05, 4.69) is 6.07 Å². The van der Waals surface area contributed by atoms with Crippen molar-refractivity contribution in [3.63, 3.8) is 0 Å². The van der Waals surface area contributed by atoms with Crippen molar-refractivity contribution >= 4 is 23.3 Å². The van der Waals surface area contributed by atoms with Crippen LogP contribution < -0.4 is 4.90 Å². The minimum atomic E-state index is -0.868. The van der Waals surface area contributed by atoms with Crippen LogP contribution in [0.4, 0.5) is 5.69 Å². The lowest BCUT2D eigenvalue weighted by molar-refractivity contribution is -0.138. The van der Waals surface area contributed by atoms with Crippen LogP contribution in [0.2, 0.25) is 5.02 Å². The lowest BCUT2D eigenvalue weighted by Gasteiger charge is -2.36. The average Bonchev–Trinajstić information content (AvgIpc) is 2.46. The van der Waals surface area contributed by atoms with E-state index in [1.165, 1.54) is 0 Å². The summed E-state index contributed by atoms with van der Waals surface area (Å²) in [5.74, 6) is -0.868. The van der Waals surface area contributed by atoms with Crippen LogP contribution in [0.5, 0.6) is 0 Å². The van der Waals surface area contributed by atoms with Crippen molar-refractivity contribution in [1.82, 2.24) is 4.90 Å². The zero-order valence-electron chi connectivity index (χ0n) is 12.3. The van der Waals surface area contributed by atoms with Crippen LogP contribution in [0.3, 0.4) is 0 Å². The van der Waals surface area contributed by atoms with Crippen molar-refractivity contribution < 1.29 is 14.6 Å². The van der Waals surface area contributed by atoms with Gasteiger partial charge >= 0.3 is 5.97 Å². The molecule has 0 aliphatic carbocycles. The smallest absolute Gasteiger partial charge is 0.317 e. The van der Waals surface area contributed by atoms with Crippen molar-refractivity contribution in [3.05, 3.63) is 28.8 Å². The molecule has 0 radical (unpaired) electrons. The van der Waals surface area contributed by atoms with Gasteiger partial charge in [-0.2, -0.15) is 5.26 Å². The number of carboxylic acid groups (broad SMARTS) is 1. The number of aliphatic carboxylic acids is 1. The van der Waals surface area contributed by atoms with Crippen molar-refractivity contribution in [2.75, 3.05) is 44.7 Å². The molecule has 2 rings (SSSR count). The Balaban J connectivity index is 2.08. The molecule has 22 heavy (non-hydrogen) atoms. The number of hydrogen-bond acceptors (Lipinski definition) is 5. The maximum atomic E-state index is 10.7. The molecule has 1 fully saturated rings. The van der Waals surface area contributed by atoms with Crippen molar-refractivity contribution in [1.29, 1.82) is 5.26 Å².